The van der Waals surface area contributed by atoms with E-state index in [1.165, 1.54) is 11.1 Å². The number of halogens is 1. The smallest absolute Gasteiger partial charge is 0.0662 e. The van der Waals surface area contributed by atoms with Crippen LogP contribution in [-0.2, 0) is 9.47 Å². The first kappa shape index (κ1) is 13.6. The minimum absolute atomic E-state index is 0.323. The summed E-state index contributed by atoms with van der Waals surface area (Å²) in [4.78, 5) is 0. The Bertz CT molecular complexity index is 426. The van der Waals surface area contributed by atoms with Crippen molar-refractivity contribution in [3.05, 3.63) is 33.8 Å². The minimum Gasteiger partial charge on any atom is -0.381 e. The van der Waals surface area contributed by atoms with Crippen LogP contribution in [0.1, 0.15) is 35.9 Å². The molecule has 2 saturated heterocycles. The molecule has 0 saturated carbocycles. The molecule has 1 aromatic carbocycles. The van der Waals surface area contributed by atoms with E-state index in [2.05, 4.69) is 39.4 Å². The first-order valence-corrected chi connectivity index (χ1v) is 7.82. The van der Waals surface area contributed by atoms with Gasteiger partial charge in [0.2, 0.25) is 0 Å². The molecule has 3 nitrogen and oxygen atoms in total. The molecule has 2 heterocycles. The van der Waals surface area contributed by atoms with Gasteiger partial charge in [0.25, 0.3) is 0 Å². The predicted molar refractivity (Wildman–Crippen MR) is 78.5 cm³/mol. The van der Waals surface area contributed by atoms with E-state index in [1.54, 1.807) is 0 Å². The highest BCUT2D eigenvalue weighted by atomic mass is 79.9. The molecule has 1 atom stereocenters. The molecule has 0 radical (unpaired) electrons. The van der Waals surface area contributed by atoms with Gasteiger partial charge in [0, 0.05) is 24.2 Å². The largest absolute Gasteiger partial charge is 0.381 e. The molecule has 0 spiro atoms. The maximum absolute atomic E-state index is 5.62. The first-order chi connectivity index (χ1) is 9.34. The van der Waals surface area contributed by atoms with E-state index in [-0.39, 0.29) is 0 Å². The molecule has 3 rings (SSSR count). The van der Waals surface area contributed by atoms with Crippen molar-refractivity contribution < 1.29 is 9.47 Å². The predicted octanol–water partition coefficient (Wildman–Crippen LogP) is 3.00. The van der Waals surface area contributed by atoms with Gasteiger partial charge in [-0.05, 0) is 42.0 Å². The van der Waals surface area contributed by atoms with Crippen LogP contribution in [-0.4, -0.2) is 33.0 Å². The van der Waals surface area contributed by atoms with E-state index >= 15 is 0 Å². The highest BCUT2D eigenvalue weighted by molar-refractivity contribution is 9.10. The van der Waals surface area contributed by atoms with Gasteiger partial charge in [0.15, 0.2) is 0 Å². The van der Waals surface area contributed by atoms with Gasteiger partial charge in [-0.2, -0.15) is 0 Å². The second kappa shape index (κ2) is 6.35. The Labute approximate surface area is 122 Å². The molecule has 0 bridgehead atoms. The third-order valence-corrected chi connectivity index (χ3v) is 4.50. The average molecular weight is 326 g/mol. The topological polar surface area (TPSA) is 30.5 Å². The van der Waals surface area contributed by atoms with Crippen molar-refractivity contribution in [1.29, 1.82) is 0 Å². The van der Waals surface area contributed by atoms with Gasteiger partial charge >= 0.3 is 0 Å². The van der Waals surface area contributed by atoms with Crippen LogP contribution in [0.4, 0.5) is 0 Å². The Hall–Kier alpha value is -0.420. The van der Waals surface area contributed by atoms with Crippen LogP contribution in [0.25, 0.3) is 0 Å². The third-order valence-electron chi connectivity index (χ3n) is 4.01. The van der Waals surface area contributed by atoms with Crippen LogP contribution in [0.5, 0.6) is 0 Å². The number of hydrogen-bond acceptors (Lipinski definition) is 3. The molecule has 2 aliphatic heterocycles. The van der Waals surface area contributed by atoms with Crippen LogP contribution >= 0.6 is 15.9 Å². The monoisotopic (exact) mass is 325 g/mol. The fraction of sp³-hybridized carbons (Fsp3) is 0.600. The van der Waals surface area contributed by atoms with E-state index in [1.807, 2.05) is 0 Å². The summed E-state index contributed by atoms with van der Waals surface area (Å²) in [5.74, 6) is 0.626. The van der Waals surface area contributed by atoms with Crippen LogP contribution < -0.4 is 5.32 Å². The summed E-state index contributed by atoms with van der Waals surface area (Å²) in [5, 5.41) is 3.57. The lowest BCUT2D eigenvalue weighted by atomic mass is 9.86. The Morgan fingerprint density at radius 2 is 1.89 bits per heavy atom. The van der Waals surface area contributed by atoms with Crippen molar-refractivity contribution >= 4 is 15.9 Å². The van der Waals surface area contributed by atoms with Crippen LogP contribution in [0.3, 0.4) is 0 Å². The van der Waals surface area contributed by atoms with E-state index in [4.69, 9.17) is 9.47 Å². The van der Waals surface area contributed by atoms with Gasteiger partial charge in [0.1, 0.15) is 0 Å². The molecule has 0 amide bonds. The van der Waals surface area contributed by atoms with Crippen molar-refractivity contribution in [3.8, 4) is 0 Å². The van der Waals surface area contributed by atoms with Crippen molar-refractivity contribution in [2.75, 3.05) is 33.0 Å². The minimum atomic E-state index is 0.323. The average Bonchev–Trinajstić information content (AvgIpc) is 2.49. The Kier molecular flexibility index (Phi) is 4.53. The fourth-order valence-corrected chi connectivity index (χ4v) is 3.37. The number of morpholine rings is 1. The van der Waals surface area contributed by atoms with Crippen molar-refractivity contribution in [3.63, 3.8) is 0 Å². The molecule has 0 aliphatic carbocycles. The second-order valence-electron chi connectivity index (χ2n) is 5.24. The van der Waals surface area contributed by atoms with Gasteiger partial charge in [-0.25, -0.2) is 0 Å². The fourth-order valence-electron chi connectivity index (χ4n) is 2.99. The quantitative estimate of drug-likeness (QED) is 0.906. The van der Waals surface area contributed by atoms with Gasteiger partial charge < -0.3 is 14.8 Å². The summed E-state index contributed by atoms with van der Waals surface area (Å²) in [7, 11) is 0. The maximum atomic E-state index is 5.62. The molecule has 4 heteroatoms. The Balaban J connectivity index is 1.88. The van der Waals surface area contributed by atoms with Gasteiger partial charge in [-0.3, -0.25) is 0 Å². The second-order valence-corrected chi connectivity index (χ2v) is 6.16. The Morgan fingerprint density at radius 1 is 1.05 bits per heavy atom. The third kappa shape index (κ3) is 3.19. The highest BCUT2D eigenvalue weighted by Gasteiger charge is 2.24. The molecule has 1 N–H and O–H groups in total. The lowest BCUT2D eigenvalue weighted by Crippen LogP contribution is -2.35. The molecular formula is C15H20BrNO2. The lowest BCUT2D eigenvalue weighted by molar-refractivity contribution is 0.0739. The standard InChI is InChI=1S/C15H20BrNO2/c16-12-1-2-13(11-3-6-18-7-4-11)14(9-12)15-10-19-8-5-17-15/h1-2,9,11,15,17H,3-8,10H2/t15-/m0/s1. The van der Waals surface area contributed by atoms with E-state index in [9.17, 15) is 0 Å². The zero-order chi connectivity index (χ0) is 13.1. The molecule has 0 aromatic heterocycles. The van der Waals surface area contributed by atoms with Crippen molar-refractivity contribution in [2.24, 2.45) is 0 Å². The van der Waals surface area contributed by atoms with E-state index < -0.39 is 0 Å². The number of rotatable bonds is 2. The molecule has 104 valence electrons. The number of hydrogen-bond donors (Lipinski definition) is 1. The number of benzene rings is 1. The first-order valence-electron chi connectivity index (χ1n) is 7.03. The SMILES string of the molecule is Brc1ccc(C2CCOCC2)c([C@@H]2COCCN2)c1. The number of ether oxygens (including phenoxy) is 2. The summed E-state index contributed by atoms with van der Waals surface area (Å²) in [6.07, 6.45) is 2.25. The van der Waals surface area contributed by atoms with Crippen LogP contribution in [0.15, 0.2) is 22.7 Å². The molecule has 1 aromatic rings. The molecule has 19 heavy (non-hydrogen) atoms. The summed E-state index contributed by atoms with van der Waals surface area (Å²) >= 11 is 3.59. The normalized spacial score (nSPS) is 25.4. The summed E-state index contributed by atoms with van der Waals surface area (Å²) in [5.41, 5.74) is 2.86. The summed E-state index contributed by atoms with van der Waals surface area (Å²) in [6.45, 7) is 4.29. The van der Waals surface area contributed by atoms with Gasteiger partial charge in [0.05, 0.1) is 19.3 Å². The molecular weight excluding hydrogens is 306 g/mol. The Morgan fingerprint density at radius 3 is 2.63 bits per heavy atom. The van der Waals surface area contributed by atoms with Crippen LogP contribution in [0.2, 0.25) is 0 Å². The van der Waals surface area contributed by atoms with Crippen LogP contribution in [0, 0.1) is 0 Å². The molecule has 2 aliphatic rings. The van der Waals surface area contributed by atoms with Gasteiger partial charge in [-0.15, -0.1) is 0 Å². The molecule has 2 fully saturated rings. The highest BCUT2D eigenvalue weighted by Crippen LogP contribution is 2.34. The maximum Gasteiger partial charge on any atom is 0.0662 e. The summed E-state index contributed by atoms with van der Waals surface area (Å²) in [6, 6.07) is 6.99. The zero-order valence-corrected chi connectivity index (χ0v) is 12.6. The van der Waals surface area contributed by atoms with Crippen molar-refractivity contribution in [2.45, 2.75) is 24.8 Å². The van der Waals surface area contributed by atoms with E-state index in [0.717, 1.165) is 50.3 Å². The molecule has 0 unspecified atom stereocenters. The van der Waals surface area contributed by atoms with Gasteiger partial charge in [-0.1, -0.05) is 22.0 Å². The zero-order valence-electron chi connectivity index (χ0n) is 11.0. The summed E-state index contributed by atoms with van der Waals surface area (Å²) < 4.78 is 12.2. The lowest BCUT2D eigenvalue weighted by Gasteiger charge is -2.30. The van der Waals surface area contributed by atoms with E-state index in [0.29, 0.717) is 12.0 Å². The number of nitrogens with one attached hydrogen (secondary N) is 1. The van der Waals surface area contributed by atoms with Crippen molar-refractivity contribution in [1.82, 2.24) is 5.32 Å².